The van der Waals surface area contributed by atoms with Crippen molar-refractivity contribution in [3.63, 3.8) is 0 Å². The highest BCUT2D eigenvalue weighted by molar-refractivity contribution is 5.71. The Labute approximate surface area is 128 Å². The van der Waals surface area contributed by atoms with Gasteiger partial charge in [0.15, 0.2) is 0 Å². The standard InChI is InChI=1S/C18H17F3O/c1-4-5-15-10-13(3)17(11-12(15)2)14-6-8-16(9-7-14)22-18(19,20)21/h4-11H,1-3H3. The molecule has 2 rings (SSSR count). The highest BCUT2D eigenvalue weighted by Crippen LogP contribution is 2.30. The predicted molar refractivity (Wildman–Crippen MR) is 82.7 cm³/mol. The molecule has 0 saturated carbocycles. The van der Waals surface area contributed by atoms with Gasteiger partial charge in [0.05, 0.1) is 0 Å². The molecule has 0 aliphatic heterocycles. The van der Waals surface area contributed by atoms with Crippen LogP contribution in [0, 0.1) is 13.8 Å². The molecule has 0 fully saturated rings. The van der Waals surface area contributed by atoms with Crippen molar-refractivity contribution in [1.29, 1.82) is 0 Å². The first-order valence-corrected chi connectivity index (χ1v) is 6.90. The molecule has 0 aliphatic carbocycles. The van der Waals surface area contributed by atoms with Crippen molar-refractivity contribution in [2.24, 2.45) is 0 Å². The zero-order valence-electron chi connectivity index (χ0n) is 12.7. The fourth-order valence-electron chi connectivity index (χ4n) is 2.34. The minimum Gasteiger partial charge on any atom is -0.406 e. The third-order valence-electron chi connectivity index (χ3n) is 3.36. The van der Waals surface area contributed by atoms with Crippen molar-refractivity contribution in [1.82, 2.24) is 0 Å². The Morgan fingerprint density at radius 1 is 0.955 bits per heavy atom. The molecule has 116 valence electrons. The van der Waals surface area contributed by atoms with Gasteiger partial charge in [-0.2, -0.15) is 0 Å². The number of alkyl halides is 3. The third kappa shape index (κ3) is 3.91. The van der Waals surface area contributed by atoms with Gasteiger partial charge < -0.3 is 4.74 Å². The van der Waals surface area contributed by atoms with Gasteiger partial charge in [-0.25, -0.2) is 0 Å². The number of hydrogen-bond acceptors (Lipinski definition) is 1. The third-order valence-corrected chi connectivity index (χ3v) is 3.36. The molecule has 0 radical (unpaired) electrons. The second-order valence-corrected chi connectivity index (χ2v) is 5.10. The van der Waals surface area contributed by atoms with Crippen LogP contribution in [0.4, 0.5) is 13.2 Å². The quantitative estimate of drug-likeness (QED) is 0.685. The summed E-state index contributed by atoms with van der Waals surface area (Å²) in [5.41, 5.74) is 5.20. The van der Waals surface area contributed by atoms with Gasteiger partial charge >= 0.3 is 6.36 Å². The lowest BCUT2D eigenvalue weighted by atomic mass is 9.95. The van der Waals surface area contributed by atoms with Crippen LogP contribution in [0.25, 0.3) is 17.2 Å². The number of aryl methyl sites for hydroxylation is 2. The normalized spacial score (nSPS) is 11.9. The van der Waals surface area contributed by atoms with Crippen LogP contribution in [0.3, 0.4) is 0 Å². The molecule has 0 bridgehead atoms. The molecule has 0 unspecified atom stereocenters. The van der Waals surface area contributed by atoms with Crippen molar-refractivity contribution in [2.75, 3.05) is 0 Å². The first kappa shape index (κ1) is 16.1. The summed E-state index contributed by atoms with van der Waals surface area (Å²) in [4.78, 5) is 0. The topological polar surface area (TPSA) is 9.23 Å². The summed E-state index contributed by atoms with van der Waals surface area (Å²) in [6.07, 6.45) is -0.654. The number of ether oxygens (including phenoxy) is 1. The number of benzene rings is 2. The second kappa shape index (κ2) is 6.26. The van der Waals surface area contributed by atoms with E-state index in [1.54, 1.807) is 12.1 Å². The Bertz CT molecular complexity index is 683. The molecule has 0 spiro atoms. The summed E-state index contributed by atoms with van der Waals surface area (Å²) >= 11 is 0. The van der Waals surface area contributed by atoms with Gasteiger partial charge in [-0.1, -0.05) is 36.4 Å². The van der Waals surface area contributed by atoms with Crippen LogP contribution >= 0.6 is 0 Å². The Morgan fingerprint density at radius 2 is 1.59 bits per heavy atom. The number of halogens is 3. The second-order valence-electron chi connectivity index (χ2n) is 5.10. The van der Waals surface area contributed by atoms with Crippen LogP contribution in [0.2, 0.25) is 0 Å². The smallest absolute Gasteiger partial charge is 0.406 e. The van der Waals surface area contributed by atoms with E-state index in [9.17, 15) is 13.2 Å². The van der Waals surface area contributed by atoms with Crippen LogP contribution < -0.4 is 4.74 Å². The summed E-state index contributed by atoms with van der Waals surface area (Å²) in [6.45, 7) is 5.96. The summed E-state index contributed by atoms with van der Waals surface area (Å²) in [5, 5.41) is 0. The van der Waals surface area contributed by atoms with Gasteiger partial charge in [0.25, 0.3) is 0 Å². The van der Waals surface area contributed by atoms with Crippen LogP contribution in [-0.2, 0) is 0 Å². The van der Waals surface area contributed by atoms with Crippen molar-refractivity contribution in [2.45, 2.75) is 27.1 Å². The summed E-state index contributed by atoms with van der Waals surface area (Å²) in [6, 6.07) is 10.1. The van der Waals surface area contributed by atoms with Crippen molar-refractivity contribution in [3.8, 4) is 16.9 Å². The van der Waals surface area contributed by atoms with Crippen molar-refractivity contribution < 1.29 is 17.9 Å². The first-order chi connectivity index (χ1) is 10.3. The van der Waals surface area contributed by atoms with E-state index in [0.29, 0.717) is 0 Å². The maximum absolute atomic E-state index is 12.2. The van der Waals surface area contributed by atoms with Gasteiger partial charge in [0, 0.05) is 0 Å². The molecule has 2 aromatic carbocycles. The van der Waals surface area contributed by atoms with Gasteiger partial charge in [0.2, 0.25) is 0 Å². The zero-order valence-corrected chi connectivity index (χ0v) is 12.7. The van der Waals surface area contributed by atoms with E-state index >= 15 is 0 Å². The van der Waals surface area contributed by atoms with Crippen LogP contribution in [0.15, 0.2) is 42.5 Å². The predicted octanol–water partition coefficient (Wildman–Crippen LogP) is 5.90. The molecule has 0 aliphatic rings. The molecule has 0 amide bonds. The molecule has 4 heteroatoms. The zero-order chi connectivity index (χ0) is 16.3. The fourth-order valence-corrected chi connectivity index (χ4v) is 2.34. The minimum absolute atomic E-state index is 0.212. The lowest BCUT2D eigenvalue weighted by Gasteiger charge is -2.12. The molecule has 0 heterocycles. The Hall–Kier alpha value is -2.23. The highest BCUT2D eigenvalue weighted by atomic mass is 19.4. The average Bonchev–Trinajstić information content (AvgIpc) is 2.42. The van der Waals surface area contributed by atoms with E-state index in [1.165, 1.54) is 12.1 Å². The van der Waals surface area contributed by atoms with E-state index in [4.69, 9.17) is 0 Å². The van der Waals surface area contributed by atoms with Crippen molar-refractivity contribution >= 4 is 6.08 Å². The van der Waals surface area contributed by atoms with Gasteiger partial charge in [-0.3, -0.25) is 0 Å². The SMILES string of the molecule is CC=Cc1cc(C)c(-c2ccc(OC(F)(F)F)cc2)cc1C. The monoisotopic (exact) mass is 306 g/mol. The lowest BCUT2D eigenvalue weighted by Crippen LogP contribution is -2.16. The lowest BCUT2D eigenvalue weighted by molar-refractivity contribution is -0.274. The number of rotatable bonds is 3. The molecular formula is C18H17F3O. The summed E-state index contributed by atoms with van der Waals surface area (Å²) in [5.74, 6) is -0.212. The van der Waals surface area contributed by atoms with Gasteiger partial charge in [-0.15, -0.1) is 13.2 Å². The Balaban J connectivity index is 2.34. The molecule has 0 aromatic heterocycles. The van der Waals surface area contributed by atoms with E-state index in [1.807, 2.05) is 39.0 Å². The molecule has 0 N–H and O–H groups in total. The maximum Gasteiger partial charge on any atom is 0.573 e. The van der Waals surface area contributed by atoms with Crippen LogP contribution in [-0.4, -0.2) is 6.36 Å². The molecule has 0 atom stereocenters. The molecule has 0 saturated heterocycles. The maximum atomic E-state index is 12.2. The van der Waals surface area contributed by atoms with E-state index < -0.39 is 6.36 Å². The first-order valence-electron chi connectivity index (χ1n) is 6.90. The largest absolute Gasteiger partial charge is 0.573 e. The fraction of sp³-hybridized carbons (Fsp3) is 0.222. The summed E-state index contributed by atoms with van der Waals surface area (Å²) in [7, 11) is 0. The number of hydrogen-bond donors (Lipinski definition) is 0. The molecular weight excluding hydrogens is 289 g/mol. The summed E-state index contributed by atoms with van der Waals surface area (Å²) < 4.78 is 40.4. The van der Waals surface area contributed by atoms with Crippen LogP contribution in [0.5, 0.6) is 5.75 Å². The Kier molecular flexibility index (Phi) is 4.59. The Morgan fingerprint density at radius 3 is 2.14 bits per heavy atom. The van der Waals surface area contributed by atoms with E-state index in [-0.39, 0.29) is 5.75 Å². The van der Waals surface area contributed by atoms with Crippen LogP contribution in [0.1, 0.15) is 23.6 Å². The average molecular weight is 306 g/mol. The van der Waals surface area contributed by atoms with E-state index in [0.717, 1.165) is 27.8 Å². The van der Waals surface area contributed by atoms with Gasteiger partial charge in [-0.05, 0) is 60.7 Å². The van der Waals surface area contributed by atoms with E-state index in [2.05, 4.69) is 10.8 Å². The molecule has 2 aromatic rings. The minimum atomic E-state index is -4.66. The van der Waals surface area contributed by atoms with Gasteiger partial charge in [0.1, 0.15) is 5.75 Å². The molecule has 22 heavy (non-hydrogen) atoms. The molecule has 1 nitrogen and oxygen atoms in total. The number of allylic oxidation sites excluding steroid dienone is 1. The van der Waals surface area contributed by atoms with Crippen molar-refractivity contribution in [3.05, 3.63) is 59.2 Å². The highest BCUT2D eigenvalue weighted by Gasteiger charge is 2.30.